The van der Waals surface area contributed by atoms with Crippen LogP contribution in [0.15, 0.2) is 48.7 Å². The van der Waals surface area contributed by atoms with Gasteiger partial charge in [-0.3, -0.25) is 9.59 Å². The van der Waals surface area contributed by atoms with Crippen LogP contribution in [0.4, 0.5) is 5.82 Å². The summed E-state index contributed by atoms with van der Waals surface area (Å²) in [4.78, 5) is 29.5. The van der Waals surface area contributed by atoms with Gasteiger partial charge in [0.15, 0.2) is 5.78 Å². The van der Waals surface area contributed by atoms with Crippen LogP contribution >= 0.6 is 22.9 Å². The van der Waals surface area contributed by atoms with Crippen molar-refractivity contribution in [3.8, 4) is 16.2 Å². The second kappa shape index (κ2) is 8.91. The molecule has 0 aliphatic carbocycles. The highest BCUT2D eigenvalue weighted by atomic mass is 35.5. The van der Waals surface area contributed by atoms with Crippen LogP contribution in [-0.4, -0.2) is 29.3 Å². The van der Waals surface area contributed by atoms with E-state index in [0.29, 0.717) is 34.4 Å². The normalized spacial score (nSPS) is 15.0. The molecular formula is C23H20ClN3O3S. The van der Waals surface area contributed by atoms with E-state index in [1.54, 1.807) is 37.4 Å². The minimum absolute atomic E-state index is 0.0431. The fourth-order valence-electron chi connectivity index (χ4n) is 3.34. The van der Waals surface area contributed by atoms with Crippen LogP contribution in [0.5, 0.6) is 5.75 Å². The van der Waals surface area contributed by atoms with Gasteiger partial charge in [-0.1, -0.05) is 17.7 Å². The molecule has 0 fully saturated rings. The van der Waals surface area contributed by atoms with Crippen LogP contribution in [0.1, 0.15) is 27.7 Å². The Morgan fingerprint density at radius 3 is 2.84 bits per heavy atom. The van der Waals surface area contributed by atoms with E-state index in [9.17, 15) is 9.59 Å². The number of halogens is 1. The van der Waals surface area contributed by atoms with E-state index in [1.807, 2.05) is 18.2 Å². The molecule has 31 heavy (non-hydrogen) atoms. The molecule has 0 spiro atoms. The summed E-state index contributed by atoms with van der Waals surface area (Å²) in [5.41, 5.74) is 8.33. The topological polar surface area (TPSA) is 94.3 Å². The zero-order valence-corrected chi connectivity index (χ0v) is 18.3. The summed E-state index contributed by atoms with van der Waals surface area (Å²) in [6.07, 6.45) is 5.11. The minimum atomic E-state index is -0.230. The average molecular weight is 454 g/mol. The van der Waals surface area contributed by atoms with Crippen molar-refractivity contribution in [2.24, 2.45) is 0 Å². The second-order valence-corrected chi connectivity index (χ2v) is 8.65. The standard InChI is InChI=1S/C23H20ClN3O3S/c1-13(28)19-6-7-20(31-19)16-4-5-18(24)23-17(16)10-15(30-23)12-27-22(29)9-3-14-2-8-21(25)26-11-14/h2-9,11,15H,10,12H2,1H3,(H2,25,26)(H,27,29). The maximum absolute atomic E-state index is 12.2. The van der Waals surface area contributed by atoms with Gasteiger partial charge in [-0.05, 0) is 54.5 Å². The monoisotopic (exact) mass is 453 g/mol. The molecule has 1 aromatic carbocycles. The number of ketones is 1. The number of fused-ring (bicyclic) bond motifs is 1. The number of nitrogens with one attached hydrogen (secondary N) is 1. The Hall–Kier alpha value is -3.16. The molecule has 3 aromatic rings. The highest BCUT2D eigenvalue weighted by molar-refractivity contribution is 7.17. The predicted molar refractivity (Wildman–Crippen MR) is 124 cm³/mol. The number of ether oxygens (including phenoxy) is 1. The molecule has 1 unspecified atom stereocenters. The molecule has 3 N–H and O–H groups in total. The zero-order chi connectivity index (χ0) is 22.0. The number of thiophene rings is 1. The summed E-state index contributed by atoms with van der Waals surface area (Å²) in [5.74, 6) is 0.880. The average Bonchev–Trinajstić information content (AvgIpc) is 3.40. The molecule has 0 radical (unpaired) electrons. The number of carbonyl (C=O) groups is 2. The van der Waals surface area contributed by atoms with Gasteiger partial charge in [0.25, 0.3) is 0 Å². The Bertz CT molecular complexity index is 1170. The van der Waals surface area contributed by atoms with Crippen LogP contribution in [0, 0.1) is 0 Å². The van der Waals surface area contributed by atoms with Crippen LogP contribution in [0.3, 0.4) is 0 Å². The number of amides is 1. The number of Topliss-reactive ketones (excluding diaryl/α,β-unsaturated/α-hetero) is 1. The first-order valence-corrected chi connectivity index (χ1v) is 10.9. The molecule has 0 bridgehead atoms. The third kappa shape index (κ3) is 4.78. The number of aromatic nitrogens is 1. The van der Waals surface area contributed by atoms with E-state index in [0.717, 1.165) is 21.6 Å². The van der Waals surface area contributed by atoms with Gasteiger partial charge in [-0.25, -0.2) is 4.98 Å². The molecule has 8 heteroatoms. The number of carbonyl (C=O) groups excluding carboxylic acids is 2. The van der Waals surface area contributed by atoms with Gasteiger partial charge < -0.3 is 15.8 Å². The fraction of sp³-hybridized carbons (Fsp3) is 0.174. The van der Waals surface area contributed by atoms with Crippen molar-refractivity contribution in [1.82, 2.24) is 10.3 Å². The van der Waals surface area contributed by atoms with Crippen LogP contribution in [0.25, 0.3) is 16.5 Å². The van der Waals surface area contributed by atoms with Crippen LogP contribution in [0.2, 0.25) is 5.02 Å². The summed E-state index contributed by atoms with van der Waals surface area (Å²) in [5, 5.41) is 3.39. The molecule has 1 aliphatic rings. The van der Waals surface area contributed by atoms with Gasteiger partial charge in [0.2, 0.25) is 5.91 Å². The number of pyridine rings is 1. The molecule has 2 aromatic heterocycles. The molecule has 158 valence electrons. The smallest absolute Gasteiger partial charge is 0.244 e. The number of nitrogens with zero attached hydrogens (tertiary/aromatic N) is 1. The van der Waals surface area contributed by atoms with E-state index < -0.39 is 0 Å². The predicted octanol–water partition coefficient (Wildman–Crippen LogP) is 4.38. The van der Waals surface area contributed by atoms with Crippen LogP contribution in [-0.2, 0) is 11.2 Å². The Kier molecular flexibility index (Phi) is 6.06. The number of hydrogen-bond acceptors (Lipinski definition) is 6. The van der Waals surface area contributed by atoms with Gasteiger partial charge in [0.05, 0.1) is 16.4 Å². The first kappa shape index (κ1) is 21.1. The lowest BCUT2D eigenvalue weighted by atomic mass is 10.0. The van der Waals surface area contributed by atoms with E-state index in [4.69, 9.17) is 22.1 Å². The van der Waals surface area contributed by atoms with Crippen molar-refractivity contribution in [1.29, 1.82) is 0 Å². The molecule has 0 saturated heterocycles. The van der Waals surface area contributed by atoms with Crippen molar-refractivity contribution < 1.29 is 14.3 Å². The lowest BCUT2D eigenvalue weighted by molar-refractivity contribution is -0.116. The molecule has 1 atom stereocenters. The van der Waals surface area contributed by atoms with Crippen molar-refractivity contribution >= 4 is 46.5 Å². The first-order chi connectivity index (χ1) is 14.9. The SMILES string of the molecule is CC(=O)c1ccc(-c2ccc(Cl)c3c2CC(CNC(=O)C=Cc2ccc(N)nc2)O3)s1. The van der Waals surface area contributed by atoms with Crippen molar-refractivity contribution in [3.05, 3.63) is 69.7 Å². The number of nitrogens with two attached hydrogens (primary N) is 1. The first-order valence-electron chi connectivity index (χ1n) is 9.67. The lowest BCUT2D eigenvalue weighted by Gasteiger charge is -2.11. The van der Waals surface area contributed by atoms with Crippen molar-refractivity contribution in [3.63, 3.8) is 0 Å². The van der Waals surface area contributed by atoms with E-state index in [-0.39, 0.29) is 17.8 Å². The second-order valence-electron chi connectivity index (χ2n) is 7.16. The maximum Gasteiger partial charge on any atom is 0.244 e. The molecule has 4 rings (SSSR count). The minimum Gasteiger partial charge on any atom is -0.486 e. The van der Waals surface area contributed by atoms with Crippen molar-refractivity contribution in [2.75, 3.05) is 12.3 Å². The highest BCUT2D eigenvalue weighted by Crippen LogP contribution is 2.43. The van der Waals surface area contributed by atoms with Gasteiger partial charge in [0.1, 0.15) is 17.7 Å². The third-order valence-electron chi connectivity index (χ3n) is 4.89. The van der Waals surface area contributed by atoms with Crippen LogP contribution < -0.4 is 15.8 Å². The Morgan fingerprint density at radius 2 is 2.13 bits per heavy atom. The zero-order valence-electron chi connectivity index (χ0n) is 16.7. The van der Waals surface area contributed by atoms with E-state index >= 15 is 0 Å². The molecule has 6 nitrogen and oxygen atoms in total. The summed E-state index contributed by atoms with van der Waals surface area (Å²) in [6, 6.07) is 11.0. The highest BCUT2D eigenvalue weighted by Gasteiger charge is 2.28. The number of rotatable bonds is 6. The molecule has 1 aliphatic heterocycles. The van der Waals surface area contributed by atoms with Gasteiger partial charge in [0, 0.05) is 29.1 Å². The summed E-state index contributed by atoms with van der Waals surface area (Å²) in [6.45, 7) is 1.90. The number of nitrogen functional groups attached to an aromatic ring is 1. The molecule has 1 amide bonds. The Balaban J connectivity index is 1.42. The third-order valence-corrected chi connectivity index (χ3v) is 6.40. The van der Waals surface area contributed by atoms with Gasteiger partial charge in [-0.15, -0.1) is 11.3 Å². The van der Waals surface area contributed by atoms with Gasteiger partial charge in [-0.2, -0.15) is 0 Å². The Morgan fingerprint density at radius 1 is 1.29 bits per heavy atom. The summed E-state index contributed by atoms with van der Waals surface area (Å²) >= 11 is 7.80. The largest absolute Gasteiger partial charge is 0.486 e. The summed E-state index contributed by atoms with van der Waals surface area (Å²) < 4.78 is 6.02. The lowest BCUT2D eigenvalue weighted by Crippen LogP contribution is -2.33. The Labute approximate surface area is 188 Å². The van der Waals surface area contributed by atoms with Crippen molar-refractivity contribution in [2.45, 2.75) is 19.4 Å². The fourth-order valence-corrected chi connectivity index (χ4v) is 4.52. The quantitative estimate of drug-likeness (QED) is 0.426. The molecular weight excluding hydrogens is 434 g/mol. The maximum atomic E-state index is 12.2. The summed E-state index contributed by atoms with van der Waals surface area (Å²) in [7, 11) is 0. The molecule has 0 saturated carbocycles. The molecule has 3 heterocycles. The van der Waals surface area contributed by atoms with E-state index in [1.165, 1.54) is 17.4 Å². The number of hydrogen-bond donors (Lipinski definition) is 2. The number of benzene rings is 1. The van der Waals surface area contributed by atoms with E-state index in [2.05, 4.69) is 10.3 Å². The number of anilines is 1. The van der Waals surface area contributed by atoms with Gasteiger partial charge >= 0.3 is 0 Å².